The summed E-state index contributed by atoms with van der Waals surface area (Å²) < 4.78 is 5.10. The first kappa shape index (κ1) is 17.4. The summed E-state index contributed by atoms with van der Waals surface area (Å²) in [4.78, 5) is 26.5. The van der Waals surface area contributed by atoms with Gasteiger partial charge in [-0.2, -0.15) is 0 Å². The molecular weight excluding hydrogens is 328 g/mol. The molecule has 140 valence electrons. The Bertz CT molecular complexity index is 726. The van der Waals surface area contributed by atoms with Crippen molar-refractivity contribution in [2.45, 2.75) is 57.6 Å². The number of nitrogens with zero attached hydrogens (tertiary/aromatic N) is 1. The summed E-state index contributed by atoms with van der Waals surface area (Å²) in [5, 5.41) is 2.85. The molecule has 1 aromatic carbocycles. The Morgan fingerprint density at radius 2 is 2.08 bits per heavy atom. The van der Waals surface area contributed by atoms with Crippen LogP contribution in [0.15, 0.2) is 24.3 Å². The van der Waals surface area contributed by atoms with E-state index in [1.165, 1.54) is 17.5 Å². The van der Waals surface area contributed by atoms with Crippen molar-refractivity contribution >= 4 is 12.0 Å². The summed E-state index contributed by atoms with van der Waals surface area (Å²) >= 11 is 0. The van der Waals surface area contributed by atoms with Gasteiger partial charge < -0.3 is 15.0 Å². The van der Waals surface area contributed by atoms with Crippen molar-refractivity contribution in [3.63, 3.8) is 0 Å². The second kappa shape index (κ2) is 6.29. The fraction of sp³-hybridized carbons (Fsp3) is 0.619. The van der Waals surface area contributed by atoms with Crippen LogP contribution in [0.1, 0.15) is 44.2 Å². The number of rotatable bonds is 4. The molecule has 3 fully saturated rings. The van der Waals surface area contributed by atoms with E-state index < -0.39 is 0 Å². The zero-order valence-corrected chi connectivity index (χ0v) is 15.8. The minimum Gasteiger partial charge on any atom is -0.447 e. The molecule has 1 aliphatic heterocycles. The summed E-state index contributed by atoms with van der Waals surface area (Å²) in [6.07, 6.45) is 2.16. The Morgan fingerprint density at radius 1 is 1.31 bits per heavy atom. The van der Waals surface area contributed by atoms with E-state index in [-0.39, 0.29) is 35.5 Å². The molecule has 0 radical (unpaired) electrons. The first-order chi connectivity index (χ1) is 12.4. The van der Waals surface area contributed by atoms with Gasteiger partial charge in [0.2, 0.25) is 5.91 Å². The van der Waals surface area contributed by atoms with E-state index in [9.17, 15) is 9.59 Å². The lowest BCUT2D eigenvalue weighted by molar-refractivity contribution is -0.138. The third kappa shape index (κ3) is 3.08. The quantitative estimate of drug-likeness (QED) is 0.902. The zero-order valence-electron chi connectivity index (χ0n) is 15.8. The van der Waals surface area contributed by atoms with E-state index in [2.05, 4.69) is 41.4 Å². The monoisotopic (exact) mass is 356 g/mol. The van der Waals surface area contributed by atoms with Gasteiger partial charge >= 0.3 is 6.09 Å². The van der Waals surface area contributed by atoms with E-state index in [0.29, 0.717) is 5.92 Å². The van der Waals surface area contributed by atoms with Gasteiger partial charge in [0.25, 0.3) is 0 Å². The maximum atomic E-state index is 12.8. The summed E-state index contributed by atoms with van der Waals surface area (Å²) in [5.41, 5.74) is 2.88. The lowest BCUT2D eigenvalue weighted by atomic mass is 9.79. The molecule has 5 nitrogen and oxygen atoms in total. The minimum absolute atomic E-state index is 0.0476. The summed E-state index contributed by atoms with van der Waals surface area (Å²) in [5.74, 6) is 0.925. The van der Waals surface area contributed by atoms with Crippen LogP contribution < -0.4 is 5.32 Å². The lowest BCUT2D eigenvalue weighted by Crippen LogP contribution is -2.50. The minimum atomic E-state index is -0.378. The Labute approximate surface area is 155 Å². The van der Waals surface area contributed by atoms with Crippen LogP contribution in [-0.4, -0.2) is 42.1 Å². The van der Waals surface area contributed by atoms with Crippen LogP contribution in [0.2, 0.25) is 0 Å². The third-order valence-corrected chi connectivity index (χ3v) is 6.20. The summed E-state index contributed by atoms with van der Waals surface area (Å²) in [7, 11) is 0. The maximum absolute atomic E-state index is 12.8. The Balaban J connectivity index is 1.30. The maximum Gasteiger partial charge on any atom is 0.407 e. The Morgan fingerprint density at radius 3 is 2.77 bits per heavy atom. The number of carbonyl (C=O) groups is 2. The standard InChI is InChI=1S/C21H28N2O3/c1-13(2)26-20(25)22-18-8-15(9-18)19(24)23-11-17-10-21(17,12-23)16-6-4-5-14(3)7-16/h4-7,13,15,17-18H,8-12H2,1-3H3,(H,22,25)/t15-,17?,18+,21?. The normalized spacial score (nSPS) is 32.0. The molecule has 26 heavy (non-hydrogen) atoms. The number of likely N-dealkylation sites (tertiary alicyclic amines) is 1. The summed E-state index contributed by atoms with van der Waals surface area (Å²) in [6.45, 7) is 7.52. The van der Waals surface area contributed by atoms with Gasteiger partial charge in [-0.05, 0) is 51.5 Å². The van der Waals surface area contributed by atoms with Gasteiger partial charge in [-0.3, -0.25) is 4.79 Å². The molecule has 0 spiro atoms. The van der Waals surface area contributed by atoms with Crippen LogP contribution in [-0.2, 0) is 14.9 Å². The first-order valence-electron chi connectivity index (χ1n) is 9.70. The van der Waals surface area contributed by atoms with Crippen LogP contribution in [0.3, 0.4) is 0 Å². The van der Waals surface area contributed by atoms with Gasteiger partial charge in [0.05, 0.1) is 6.10 Å². The van der Waals surface area contributed by atoms with E-state index >= 15 is 0 Å². The fourth-order valence-corrected chi connectivity index (χ4v) is 4.66. The van der Waals surface area contributed by atoms with Crippen molar-refractivity contribution in [3.05, 3.63) is 35.4 Å². The van der Waals surface area contributed by atoms with Crippen molar-refractivity contribution in [3.8, 4) is 0 Å². The van der Waals surface area contributed by atoms with Gasteiger partial charge in [-0.15, -0.1) is 0 Å². The molecule has 1 aromatic rings. The van der Waals surface area contributed by atoms with Gasteiger partial charge in [0.15, 0.2) is 0 Å². The second-order valence-corrected chi connectivity index (χ2v) is 8.61. The Hall–Kier alpha value is -2.04. The van der Waals surface area contributed by atoms with E-state index in [1.807, 2.05) is 13.8 Å². The number of alkyl carbamates (subject to hydrolysis) is 1. The van der Waals surface area contributed by atoms with E-state index in [1.54, 1.807) is 0 Å². The van der Waals surface area contributed by atoms with E-state index in [0.717, 1.165) is 25.9 Å². The van der Waals surface area contributed by atoms with Crippen molar-refractivity contribution in [1.82, 2.24) is 10.2 Å². The number of hydrogen-bond donors (Lipinski definition) is 1. The largest absolute Gasteiger partial charge is 0.447 e. The highest BCUT2D eigenvalue weighted by Gasteiger charge is 2.62. The number of piperidine rings is 1. The number of nitrogens with one attached hydrogen (secondary N) is 1. The molecule has 0 aromatic heterocycles. The fourth-order valence-electron chi connectivity index (χ4n) is 4.66. The molecular formula is C21H28N2O3. The predicted molar refractivity (Wildman–Crippen MR) is 98.8 cm³/mol. The van der Waals surface area contributed by atoms with Crippen LogP contribution in [0.25, 0.3) is 0 Å². The molecule has 2 amide bonds. The number of fused-ring (bicyclic) bond motifs is 1. The topological polar surface area (TPSA) is 58.6 Å². The SMILES string of the molecule is Cc1cccc(C23CC2CN(C(=O)[C@H]2C[C@@H](NC(=O)OC(C)C)C2)C3)c1. The van der Waals surface area contributed by atoms with Crippen molar-refractivity contribution in [1.29, 1.82) is 0 Å². The van der Waals surface area contributed by atoms with Crippen LogP contribution >= 0.6 is 0 Å². The highest BCUT2D eigenvalue weighted by Crippen LogP contribution is 2.59. The molecule has 2 saturated carbocycles. The number of benzene rings is 1. The van der Waals surface area contributed by atoms with Crippen LogP contribution in [0.5, 0.6) is 0 Å². The van der Waals surface area contributed by atoms with Crippen molar-refractivity contribution in [2.75, 3.05) is 13.1 Å². The van der Waals surface area contributed by atoms with Crippen LogP contribution in [0.4, 0.5) is 4.79 Å². The first-order valence-corrected chi connectivity index (χ1v) is 9.70. The zero-order chi connectivity index (χ0) is 18.5. The van der Waals surface area contributed by atoms with Crippen molar-refractivity contribution < 1.29 is 14.3 Å². The number of amides is 2. The van der Waals surface area contributed by atoms with Gasteiger partial charge in [-0.25, -0.2) is 4.79 Å². The number of hydrogen-bond acceptors (Lipinski definition) is 3. The van der Waals surface area contributed by atoms with Crippen LogP contribution in [0, 0.1) is 18.8 Å². The molecule has 5 heteroatoms. The van der Waals surface area contributed by atoms with Crippen molar-refractivity contribution in [2.24, 2.45) is 11.8 Å². The van der Waals surface area contributed by atoms with Gasteiger partial charge in [-0.1, -0.05) is 29.8 Å². The molecule has 1 saturated heterocycles. The molecule has 2 aliphatic carbocycles. The molecule has 4 rings (SSSR count). The van der Waals surface area contributed by atoms with Gasteiger partial charge in [0, 0.05) is 30.5 Å². The summed E-state index contributed by atoms with van der Waals surface area (Å²) in [6, 6.07) is 8.80. The van der Waals surface area contributed by atoms with E-state index in [4.69, 9.17) is 4.74 Å². The highest BCUT2D eigenvalue weighted by molar-refractivity contribution is 5.81. The number of aryl methyl sites for hydroxylation is 1. The molecule has 2 unspecified atom stereocenters. The molecule has 0 bridgehead atoms. The second-order valence-electron chi connectivity index (χ2n) is 8.61. The number of ether oxygens (including phenoxy) is 1. The molecule has 1 N–H and O–H groups in total. The predicted octanol–water partition coefficient (Wildman–Crippen LogP) is 3.01. The molecule has 3 aliphatic rings. The average Bonchev–Trinajstić information content (AvgIpc) is 3.11. The Kier molecular flexibility index (Phi) is 4.20. The lowest BCUT2D eigenvalue weighted by Gasteiger charge is -2.37. The number of carbonyl (C=O) groups excluding carboxylic acids is 2. The molecule has 2 atom stereocenters. The highest BCUT2D eigenvalue weighted by atomic mass is 16.6. The average molecular weight is 356 g/mol. The molecule has 1 heterocycles. The third-order valence-electron chi connectivity index (χ3n) is 6.20. The van der Waals surface area contributed by atoms with Gasteiger partial charge in [0.1, 0.15) is 0 Å². The smallest absolute Gasteiger partial charge is 0.407 e.